The molecule has 270 valence electrons. The van der Waals surface area contributed by atoms with Gasteiger partial charge in [0.15, 0.2) is 12.4 Å². The molecule has 1 aliphatic rings. The normalized spacial score (nSPS) is 16.8. The number of rotatable bonds is 16. The van der Waals surface area contributed by atoms with Crippen molar-refractivity contribution in [2.75, 3.05) is 6.61 Å². The van der Waals surface area contributed by atoms with Crippen molar-refractivity contribution < 1.29 is 48.2 Å². The zero-order valence-electron chi connectivity index (χ0n) is 28.4. The number of oxime groups is 1. The molecule has 0 aromatic heterocycles. The maximum Gasteiger partial charge on any atom is 0.341 e. The first-order valence-corrected chi connectivity index (χ1v) is 16.6. The van der Waals surface area contributed by atoms with Crippen LogP contribution in [-0.2, 0) is 44.7 Å². The van der Waals surface area contributed by atoms with E-state index in [2.05, 4.69) is 15.8 Å². The molecule has 0 bridgehead atoms. The SMILES string of the molecule is CC(C)[C@H](NC(=O)CCC(=O)OC(C)(C)C)C1=NOC(Cc2ccccc2)(C(=O)N[C@@H](CC(=O)O)C(=O)COC(=O)c2c(Cl)cccc2Cl)C1. The highest BCUT2D eigenvalue weighted by Gasteiger charge is 2.49. The predicted molar refractivity (Wildman–Crippen MR) is 184 cm³/mol. The summed E-state index contributed by atoms with van der Waals surface area (Å²) in [5.74, 6) is -5.37. The highest BCUT2D eigenvalue weighted by Crippen LogP contribution is 2.32. The summed E-state index contributed by atoms with van der Waals surface area (Å²) in [5, 5.41) is 19.1. The Hall–Kier alpha value is -4.49. The minimum absolute atomic E-state index is 0.0127. The van der Waals surface area contributed by atoms with Gasteiger partial charge in [0, 0.05) is 19.3 Å². The molecule has 1 unspecified atom stereocenters. The van der Waals surface area contributed by atoms with Crippen molar-refractivity contribution in [2.45, 2.75) is 90.0 Å². The number of hydrogen-bond acceptors (Lipinski definition) is 10. The van der Waals surface area contributed by atoms with Gasteiger partial charge in [-0.1, -0.05) is 78.6 Å². The fraction of sp³-hybridized carbons (Fsp3) is 0.457. The second kappa shape index (κ2) is 17.4. The van der Waals surface area contributed by atoms with Crippen molar-refractivity contribution in [3.05, 3.63) is 69.7 Å². The number of Topliss-reactive ketones (excluding diaryl/α,β-unsaturated/α-hetero) is 1. The van der Waals surface area contributed by atoms with Crippen LogP contribution in [0.4, 0.5) is 0 Å². The van der Waals surface area contributed by atoms with Gasteiger partial charge >= 0.3 is 17.9 Å². The highest BCUT2D eigenvalue weighted by atomic mass is 35.5. The van der Waals surface area contributed by atoms with E-state index >= 15 is 0 Å². The van der Waals surface area contributed by atoms with Crippen LogP contribution in [0.25, 0.3) is 0 Å². The van der Waals surface area contributed by atoms with Crippen LogP contribution < -0.4 is 10.6 Å². The van der Waals surface area contributed by atoms with Crippen molar-refractivity contribution in [2.24, 2.45) is 11.1 Å². The van der Waals surface area contributed by atoms with Gasteiger partial charge in [0.25, 0.3) is 5.91 Å². The smallest absolute Gasteiger partial charge is 0.341 e. The second-order valence-corrected chi connectivity index (χ2v) is 14.0. The van der Waals surface area contributed by atoms with E-state index in [1.807, 2.05) is 13.8 Å². The summed E-state index contributed by atoms with van der Waals surface area (Å²) in [7, 11) is 0. The van der Waals surface area contributed by atoms with Crippen molar-refractivity contribution in [1.29, 1.82) is 0 Å². The lowest BCUT2D eigenvalue weighted by atomic mass is 9.84. The van der Waals surface area contributed by atoms with Crippen LogP contribution in [0.15, 0.2) is 53.7 Å². The number of carbonyl (C=O) groups excluding carboxylic acids is 5. The molecule has 1 aliphatic heterocycles. The average molecular weight is 735 g/mol. The van der Waals surface area contributed by atoms with Gasteiger partial charge in [0.05, 0.1) is 40.2 Å². The van der Waals surface area contributed by atoms with Crippen LogP contribution >= 0.6 is 23.2 Å². The molecule has 0 spiro atoms. The number of nitrogens with one attached hydrogen (secondary N) is 2. The Morgan fingerprint density at radius 1 is 0.960 bits per heavy atom. The molecular weight excluding hydrogens is 693 g/mol. The number of carboxylic acids is 1. The summed E-state index contributed by atoms with van der Waals surface area (Å²) in [6.07, 6.45) is -1.27. The minimum Gasteiger partial charge on any atom is -0.481 e. The van der Waals surface area contributed by atoms with Gasteiger partial charge in [-0.25, -0.2) is 4.79 Å². The average Bonchev–Trinajstić information content (AvgIpc) is 3.45. The zero-order valence-corrected chi connectivity index (χ0v) is 29.9. The van der Waals surface area contributed by atoms with E-state index in [1.54, 1.807) is 51.1 Å². The van der Waals surface area contributed by atoms with E-state index in [0.29, 0.717) is 11.3 Å². The second-order valence-electron chi connectivity index (χ2n) is 13.1. The number of amides is 2. The van der Waals surface area contributed by atoms with E-state index in [1.165, 1.54) is 18.2 Å². The number of hydrogen-bond donors (Lipinski definition) is 3. The van der Waals surface area contributed by atoms with Crippen LogP contribution in [0.5, 0.6) is 0 Å². The third-order valence-corrected chi connectivity index (χ3v) is 8.08. The van der Waals surface area contributed by atoms with Gasteiger partial charge < -0.3 is 30.1 Å². The monoisotopic (exact) mass is 733 g/mol. The van der Waals surface area contributed by atoms with E-state index in [9.17, 15) is 33.9 Å². The first kappa shape index (κ1) is 39.9. The van der Waals surface area contributed by atoms with E-state index in [0.717, 1.165) is 0 Å². The fourth-order valence-corrected chi connectivity index (χ4v) is 5.64. The molecule has 13 nitrogen and oxygen atoms in total. The number of carbonyl (C=O) groups is 6. The van der Waals surface area contributed by atoms with Gasteiger partial charge in [-0.2, -0.15) is 0 Å². The van der Waals surface area contributed by atoms with E-state index in [4.69, 9.17) is 37.5 Å². The first-order valence-electron chi connectivity index (χ1n) is 15.9. The molecule has 15 heteroatoms. The third-order valence-electron chi connectivity index (χ3n) is 7.45. The molecule has 50 heavy (non-hydrogen) atoms. The number of aliphatic carboxylic acids is 1. The Bertz CT molecular complexity index is 1600. The number of esters is 2. The Labute approximate surface area is 300 Å². The van der Waals surface area contributed by atoms with Gasteiger partial charge in [0.1, 0.15) is 11.6 Å². The molecule has 0 radical (unpaired) electrons. The number of ketones is 1. The highest BCUT2D eigenvalue weighted by molar-refractivity contribution is 6.39. The fourth-order valence-electron chi connectivity index (χ4n) is 5.09. The molecule has 0 aliphatic carbocycles. The summed E-state index contributed by atoms with van der Waals surface area (Å²) in [5.41, 5.74) is -1.62. The van der Waals surface area contributed by atoms with Crippen molar-refractivity contribution >= 4 is 64.4 Å². The molecule has 2 aromatic carbocycles. The number of carboxylic acid groups (broad SMARTS) is 1. The van der Waals surface area contributed by atoms with Crippen molar-refractivity contribution in [3.63, 3.8) is 0 Å². The van der Waals surface area contributed by atoms with Crippen molar-refractivity contribution in [3.8, 4) is 0 Å². The molecule has 0 saturated heterocycles. The molecule has 2 amide bonds. The molecule has 3 N–H and O–H groups in total. The maximum atomic E-state index is 14.0. The standard InChI is InChI=1S/C35H41Cl2N3O10/c1-20(2)31(39-27(42)14-15-29(45)49-34(3,4)5)25-18-35(50-40-25,17-21-10-7-6-8-11-21)33(47)38-24(16-28(43)44)26(41)19-48-32(46)30-22(36)12-9-13-23(30)37/h6-13,20,24,31H,14-19H2,1-5H3,(H,38,47)(H,39,42)(H,43,44)/t24-,31-,35?/m0/s1. The summed E-state index contributed by atoms with van der Waals surface area (Å²) in [6, 6.07) is 10.8. The summed E-state index contributed by atoms with van der Waals surface area (Å²) in [4.78, 5) is 82.5. The number of halogens is 2. The van der Waals surface area contributed by atoms with Gasteiger partial charge in [0.2, 0.25) is 11.5 Å². The van der Waals surface area contributed by atoms with Gasteiger partial charge in [-0.05, 0) is 44.4 Å². The third kappa shape index (κ3) is 11.5. The van der Waals surface area contributed by atoms with E-state index in [-0.39, 0.29) is 47.2 Å². The molecular formula is C35H41Cl2N3O10. The zero-order chi connectivity index (χ0) is 37.2. The molecule has 3 rings (SSSR count). The Morgan fingerprint density at radius 3 is 2.18 bits per heavy atom. The lowest BCUT2D eigenvalue weighted by Crippen LogP contribution is -2.55. The summed E-state index contributed by atoms with van der Waals surface area (Å²) < 4.78 is 10.4. The van der Waals surface area contributed by atoms with Crippen LogP contribution in [0.2, 0.25) is 10.0 Å². The lowest BCUT2D eigenvalue weighted by Gasteiger charge is -2.29. The summed E-state index contributed by atoms with van der Waals surface area (Å²) in [6.45, 7) is 7.95. The van der Waals surface area contributed by atoms with Gasteiger partial charge in [-0.3, -0.25) is 24.0 Å². The first-order chi connectivity index (χ1) is 23.4. The van der Waals surface area contributed by atoms with Crippen LogP contribution in [0.3, 0.4) is 0 Å². The minimum atomic E-state index is -1.75. The Morgan fingerprint density at radius 2 is 1.60 bits per heavy atom. The van der Waals surface area contributed by atoms with E-state index < -0.39 is 71.8 Å². The quantitative estimate of drug-likeness (QED) is 0.204. The summed E-state index contributed by atoms with van der Waals surface area (Å²) >= 11 is 12.1. The molecule has 2 aromatic rings. The largest absolute Gasteiger partial charge is 0.481 e. The Balaban J connectivity index is 1.79. The molecule has 0 saturated carbocycles. The maximum absolute atomic E-state index is 14.0. The predicted octanol–water partition coefficient (Wildman–Crippen LogP) is 4.70. The topological polar surface area (TPSA) is 187 Å². The number of ether oxygens (including phenoxy) is 2. The van der Waals surface area contributed by atoms with Crippen LogP contribution in [0.1, 0.15) is 76.2 Å². The number of benzene rings is 2. The lowest BCUT2D eigenvalue weighted by molar-refractivity contribution is -0.155. The number of nitrogens with zero attached hydrogens (tertiary/aromatic N) is 1. The molecule has 0 fully saturated rings. The Kier molecular flexibility index (Phi) is 13.9. The molecule has 3 atom stereocenters. The van der Waals surface area contributed by atoms with Crippen LogP contribution in [-0.4, -0.2) is 76.2 Å². The van der Waals surface area contributed by atoms with Crippen molar-refractivity contribution in [1.82, 2.24) is 10.6 Å². The van der Waals surface area contributed by atoms with Gasteiger partial charge in [-0.15, -0.1) is 0 Å². The molecule has 1 heterocycles. The van der Waals surface area contributed by atoms with Crippen LogP contribution in [0, 0.1) is 5.92 Å².